The molecule has 3 rings (SSSR count). The van der Waals surface area contributed by atoms with Crippen LogP contribution in [0.15, 0.2) is 27.4 Å². The second kappa shape index (κ2) is 5.48. The van der Waals surface area contributed by atoms with Gasteiger partial charge in [0.15, 0.2) is 5.58 Å². The van der Waals surface area contributed by atoms with Crippen molar-refractivity contribution in [3.8, 4) is 0 Å². The maximum Gasteiger partial charge on any atom is 0.417 e. The van der Waals surface area contributed by atoms with E-state index in [2.05, 4.69) is 15.6 Å². The zero-order valence-corrected chi connectivity index (χ0v) is 10.9. The Kier molecular flexibility index (Phi) is 3.55. The lowest BCUT2D eigenvalue weighted by Crippen LogP contribution is -2.28. The van der Waals surface area contributed by atoms with Crippen LogP contribution in [0.4, 0.5) is 5.69 Å². The van der Waals surface area contributed by atoms with Crippen molar-refractivity contribution in [2.75, 3.05) is 25.0 Å². The molecule has 0 bridgehead atoms. The Hall–Kier alpha value is -1.75. The van der Waals surface area contributed by atoms with Crippen LogP contribution in [-0.4, -0.2) is 24.6 Å². The van der Waals surface area contributed by atoms with E-state index in [-0.39, 0.29) is 0 Å². The van der Waals surface area contributed by atoms with Crippen LogP contribution in [0.3, 0.4) is 0 Å². The van der Waals surface area contributed by atoms with Gasteiger partial charge >= 0.3 is 5.76 Å². The van der Waals surface area contributed by atoms with Gasteiger partial charge < -0.3 is 15.1 Å². The molecule has 1 fully saturated rings. The molecule has 1 aliphatic heterocycles. The second-order valence-electron chi connectivity index (χ2n) is 5.13. The maximum absolute atomic E-state index is 11.1. The van der Waals surface area contributed by atoms with Gasteiger partial charge in [0.05, 0.1) is 5.52 Å². The highest BCUT2D eigenvalue weighted by atomic mass is 16.4. The van der Waals surface area contributed by atoms with Crippen molar-refractivity contribution >= 4 is 16.8 Å². The van der Waals surface area contributed by atoms with E-state index in [1.165, 1.54) is 19.3 Å². The number of piperidine rings is 1. The monoisotopic (exact) mass is 261 g/mol. The van der Waals surface area contributed by atoms with Crippen molar-refractivity contribution in [2.24, 2.45) is 5.92 Å². The summed E-state index contributed by atoms with van der Waals surface area (Å²) in [5.41, 5.74) is 2.38. The zero-order valence-electron chi connectivity index (χ0n) is 10.9. The average Bonchev–Trinajstić information content (AvgIpc) is 2.79. The van der Waals surface area contributed by atoms with Crippen molar-refractivity contribution < 1.29 is 4.42 Å². The number of hydrogen-bond donors (Lipinski definition) is 3. The van der Waals surface area contributed by atoms with Crippen LogP contribution in [0.25, 0.3) is 11.1 Å². The minimum atomic E-state index is -0.401. The molecule has 1 aliphatic rings. The lowest BCUT2D eigenvalue weighted by atomic mass is 9.95. The lowest BCUT2D eigenvalue weighted by Gasteiger charge is -2.22. The third-order valence-electron chi connectivity index (χ3n) is 3.76. The van der Waals surface area contributed by atoms with Crippen molar-refractivity contribution in [3.63, 3.8) is 0 Å². The number of H-pyrrole nitrogens is 1. The zero-order chi connectivity index (χ0) is 13.1. The first-order valence-electron chi connectivity index (χ1n) is 6.89. The van der Waals surface area contributed by atoms with Crippen molar-refractivity contribution in [1.82, 2.24) is 10.3 Å². The Morgan fingerprint density at radius 2 is 2.16 bits per heavy atom. The Balaban J connectivity index is 1.57. The molecule has 0 spiro atoms. The first kappa shape index (κ1) is 12.3. The molecule has 102 valence electrons. The normalized spacial score (nSPS) is 16.8. The molecule has 0 unspecified atom stereocenters. The molecule has 0 amide bonds. The molecule has 19 heavy (non-hydrogen) atoms. The summed E-state index contributed by atoms with van der Waals surface area (Å²) < 4.78 is 4.98. The second-order valence-corrected chi connectivity index (χ2v) is 5.13. The quantitative estimate of drug-likeness (QED) is 0.786. The molecule has 1 aromatic carbocycles. The van der Waals surface area contributed by atoms with Crippen molar-refractivity contribution in [1.29, 1.82) is 0 Å². The minimum Gasteiger partial charge on any atom is -0.408 e. The Morgan fingerprint density at radius 3 is 3.00 bits per heavy atom. The van der Waals surface area contributed by atoms with E-state index >= 15 is 0 Å². The predicted octanol–water partition coefficient (Wildman–Crippen LogP) is 1.92. The lowest BCUT2D eigenvalue weighted by molar-refractivity contribution is 0.361. The van der Waals surface area contributed by atoms with E-state index < -0.39 is 5.76 Å². The number of oxazole rings is 1. The van der Waals surface area contributed by atoms with Gasteiger partial charge in [-0.25, -0.2) is 4.79 Å². The molecule has 1 aromatic heterocycles. The standard InChI is InChI=1S/C14H19N3O2/c18-14-17-12-9-11(1-2-13(12)19-14)16-8-5-10-3-6-15-7-4-10/h1-2,9-10,15-16H,3-8H2,(H,17,18). The van der Waals surface area contributed by atoms with Gasteiger partial charge in [0, 0.05) is 12.2 Å². The highest BCUT2D eigenvalue weighted by Gasteiger charge is 2.12. The molecule has 0 atom stereocenters. The summed E-state index contributed by atoms with van der Waals surface area (Å²) in [6, 6.07) is 5.68. The van der Waals surface area contributed by atoms with E-state index in [1.807, 2.05) is 18.2 Å². The number of rotatable bonds is 4. The largest absolute Gasteiger partial charge is 0.417 e. The Morgan fingerprint density at radius 1 is 1.32 bits per heavy atom. The summed E-state index contributed by atoms with van der Waals surface area (Å²) in [6.07, 6.45) is 3.74. The van der Waals surface area contributed by atoms with Gasteiger partial charge in [-0.15, -0.1) is 0 Å². The maximum atomic E-state index is 11.1. The fourth-order valence-electron chi connectivity index (χ4n) is 2.65. The van der Waals surface area contributed by atoms with Crippen molar-refractivity contribution in [3.05, 3.63) is 28.7 Å². The molecule has 2 aromatic rings. The van der Waals surface area contributed by atoms with Crippen LogP contribution in [-0.2, 0) is 0 Å². The first-order valence-corrected chi connectivity index (χ1v) is 6.89. The van der Waals surface area contributed by atoms with Gasteiger partial charge in [-0.1, -0.05) is 0 Å². The SMILES string of the molecule is O=c1[nH]c2cc(NCCC3CCNCC3)ccc2o1. The van der Waals surface area contributed by atoms with Crippen LogP contribution in [0.5, 0.6) is 0 Å². The third kappa shape index (κ3) is 2.98. The van der Waals surface area contributed by atoms with Crippen LogP contribution in [0.2, 0.25) is 0 Å². The molecule has 0 radical (unpaired) electrons. The summed E-state index contributed by atoms with van der Waals surface area (Å²) in [5.74, 6) is 0.424. The predicted molar refractivity (Wildman–Crippen MR) is 75.5 cm³/mol. The summed E-state index contributed by atoms with van der Waals surface area (Å²) >= 11 is 0. The van der Waals surface area contributed by atoms with Crippen LogP contribution in [0, 0.1) is 5.92 Å². The Bertz CT molecular complexity index is 596. The van der Waals surface area contributed by atoms with E-state index in [4.69, 9.17) is 4.42 Å². The molecule has 0 saturated carbocycles. The van der Waals surface area contributed by atoms with Gasteiger partial charge in [0.1, 0.15) is 0 Å². The van der Waals surface area contributed by atoms with E-state index in [0.29, 0.717) is 5.58 Å². The highest BCUT2D eigenvalue weighted by Crippen LogP contribution is 2.18. The molecule has 2 heterocycles. The number of fused-ring (bicyclic) bond motifs is 1. The first-order chi connectivity index (χ1) is 9.31. The number of anilines is 1. The van der Waals surface area contributed by atoms with Gasteiger partial charge in [0.2, 0.25) is 0 Å². The minimum absolute atomic E-state index is 0.401. The Labute approximate surface area is 111 Å². The fraction of sp³-hybridized carbons (Fsp3) is 0.500. The number of aromatic nitrogens is 1. The van der Waals surface area contributed by atoms with Crippen molar-refractivity contribution in [2.45, 2.75) is 19.3 Å². The molecule has 5 nitrogen and oxygen atoms in total. The van der Waals surface area contributed by atoms with E-state index in [1.54, 1.807) is 0 Å². The fourth-order valence-corrected chi connectivity index (χ4v) is 2.65. The summed E-state index contributed by atoms with van der Waals surface area (Å²) in [6.45, 7) is 3.26. The summed E-state index contributed by atoms with van der Waals surface area (Å²) in [5, 5.41) is 6.79. The van der Waals surface area contributed by atoms with E-state index in [0.717, 1.165) is 36.8 Å². The number of nitrogens with one attached hydrogen (secondary N) is 3. The summed E-state index contributed by atoms with van der Waals surface area (Å²) in [7, 11) is 0. The molecular weight excluding hydrogens is 242 g/mol. The average molecular weight is 261 g/mol. The number of aromatic amines is 1. The van der Waals surface area contributed by atoms with Crippen LogP contribution < -0.4 is 16.4 Å². The molecule has 1 saturated heterocycles. The van der Waals surface area contributed by atoms with Crippen LogP contribution >= 0.6 is 0 Å². The summed E-state index contributed by atoms with van der Waals surface area (Å²) in [4.78, 5) is 13.7. The number of hydrogen-bond acceptors (Lipinski definition) is 4. The van der Waals surface area contributed by atoms with Crippen LogP contribution in [0.1, 0.15) is 19.3 Å². The van der Waals surface area contributed by atoms with Gasteiger partial charge in [-0.2, -0.15) is 0 Å². The highest BCUT2D eigenvalue weighted by molar-refractivity contribution is 5.76. The molecule has 3 N–H and O–H groups in total. The topological polar surface area (TPSA) is 70.1 Å². The smallest absolute Gasteiger partial charge is 0.408 e. The van der Waals surface area contributed by atoms with Gasteiger partial charge in [-0.05, 0) is 56.5 Å². The molecule has 5 heteroatoms. The van der Waals surface area contributed by atoms with Gasteiger partial charge in [-0.3, -0.25) is 4.98 Å². The third-order valence-corrected chi connectivity index (χ3v) is 3.76. The van der Waals surface area contributed by atoms with Gasteiger partial charge in [0.25, 0.3) is 0 Å². The molecular formula is C14H19N3O2. The number of benzene rings is 1. The molecule has 0 aliphatic carbocycles. The van der Waals surface area contributed by atoms with E-state index in [9.17, 15) is 4.79 Å².